The van der Waals surface area contributed by atoms with Crippen LogP contribution in [0.15, 0.2) is 78.9 Å². The van der Waals surface area contributed by atoms with Crippen molar-refractivity contribution in [2.75, 3.05) is 26.2 Å². The first-order chi connectivity index (χ1) is 19.9. The largest absolute Gasteiger partial charge is 0.491 e. The molecule has 1 aliphatic heterocycles. The molecule has 3 aromatic carbocycles. The molecule has 4 rings (SSSR count). The van der Waals surface area contributed by atoms with E-state index in [1.54, 1.807) is 36.4 Å². The molecule has 4 amide bonds. The molecule has 1 aliphatic rings. The number of rotatable bonds is 6. The van der Waals surface area contributed by atoms with E-state index in [-0.39, 0.29) is 68.8 Å². The monoisotopic (exact) mass is 560 g/mol. The number of nitrogens with zero attached hydrogens (tertiary/aromatic N) is 1. The molecule has 0 unspecified atom stereocenters. The lowest BCUT2D eigenvalue weighted by molar-refractivity contribution is -0.137. The topological polar surface area (TPSA) is 117 Å². The molecule has 10 heteroatoms. The van der Waals surface area contributed by atoms with Crippen LogP contribution < -0.4 is 20.7 Å². The van der Waals surface area contributed by atoms with Crippen LogP contribution in [0.3, 0.4) is 0 Å². The number of amides is 4. The molecular formula is C31H33FN4O5. The molecule has 3 N–H and O–H groups in total. The minimum atomic E-state index is -1.02. The summed E-state index contributed by atoms with van der Waals surface area (Å²) in [6.45, 7) is 0.600. The van der Waals surface area contributed by atoms with Crippen LogP contribution in [0, 0.1) is 5.82 Å². The molecule has 0 fully saturated rings. The van der Waals surface area contributed by atoms with Gasteiger partial charge in [-0.3, -0.25) is 19.2 Å². The van der Waals surface area contributed by atoms with Crippen molar-refractivity contribution in [1.29, 1.82) is 0 Å². The molecule has 1 heterocycles. The number of hydrogen-bond acceptors (Lipinski definition) is 5. The molecule has 0 saturated heterocycles. The van der Waals surface area contributed by atoms with Crippen molar-refractivity contribution < 1.29 is 28.3 Å². The predicted molar refractivity (Wildman–Crippen MR) is 150 cm³/mol. The van der Waals surface area contributed by atoms with E-state index in [9.17, 15) is 23.6 Å². The SMILES string of the molecule is O=C1CN(Cc2ccccc2)C(=O)CC[C@@H](C(=O)NCCc2ccc(F)cc2)NC(=O)c2ccccc2OCCN1. The average Bonchev–Trinajstić information content (AvgIpc) is 2.98. The van der Waals surface area contributed by atoms with Gasteiger partial charge in [-0.15, -0.1) is 0 Å². The van der Waals surface area contributed by atoms with Gasteiger partial charge in [-0.05, 0) is 48.2 Å². The minimum Gasteiger partial charge on any atom is -0.491 e. The maximum absolute atomic E-state index is 13.3. The van der Waals surface area contributed by atoms with Crippen LogP contribution in [0.4, 0.5) is 4.39 Å². The third-order valence-corrected chi connectivity index (χ3v) is 6.61. The Morgan fingerprint density at radius 2 is 1.68 bits per heavy atom. The van der Waals surface area contributed by atoms with Crippen LogP contribution in [0.25, 0.3) is 0 Å². The Balaban J connectivity index is 1.51. The normalized spacial score (nSPS) is 16.8. The smallest absolute Gasteiger partial charge is 0.255 e. The molecular weight excluding hydrogens is 527 g/mol. The fourth-order valence-corrected chi connectivity index (χ4v) is 4.43. The number of carbonyl (C=O) groups excluding carboxylic acids is 4. The Morgan fingerprint density at radius 3 is 2.46 bits per heavy atom. The number of benzene rings is 3. The summed E-state index contributed by atoms with van der Waals surface area (Å²) in [7, 11) is 0. The van der Waals surface area contributed by atoms with E-state index in [2.05, 4.69) is 16.0 Å². The summed E-state index contributed by atoms with van der Waals surface area (Å²) >= 11 is 0. The molecule has 9 nitrogen and oxygen atoms in total. The maximum Gasteiger partial charge on any atom is 0.255 e. The van der Waals surface area contributed by atoms with Crippen molar-refractivity contribution in [2.45, 2.75) is 31.8 Å². The molecule has 0 aliphatic carbocycles. The van der Waals surface area contributed by atoms with E-state index in [0.717, 1.165) is 11.1 Å². The Hall–Kier alpha value is -4.73. The van der Waals surface area contributed by atoms with E-state index in [4.69, 9.17) is 4.74 Å². The van der Waals surface area contributed by atoms with E-state index >= 15 is 0 Å². The molecule has 0 aromatic heterocycles. The van der Waals surface area contributed by atoms with Crippen molar-refractivity contribution in [3.63, 3.8) is 0 Å². The number of halogens is 1. The second-order valence-electron chi connectivity index (χ2n) is 9.66. The number of ether oxygens (including phenoxy) is 1. The quantitative estimate of drug-likeness (QED) is 0.429. The van der Waals surface area contributed by atoms with Gasteiger partial charge in [-0.25, -0.2) is 4.39 Å². The van der Waals surface area contributed by atoms with Crippen molar-refractivity contribution in [3.05, 3.63) is 101 Å². The summed E-state index contributed by atoms with van der Waals surface area (Å²) in [4.78, 5) is 53.9. The number of hydrogen-bond donors (Lipinski definition) is 3. The number of para-hydroxylation sites is 1. The second kappa shape index (κ2) is 14.6. The molecule has 0 saturated carbocycles. The summed E-state index contributed by atoms with van der Waals surface area (Å²) in [5, 5.41) is 8.32. The average molecular weight is 561 g/mol. The van der Waals surface area contributed by atoms with Crippen LogP contribution in [-0.4, -0.2) is 60.8 Å². The maximum atomic E-state index is 13.3. The van der Waals surface area contributed by atoms with Gasteiger partial charge >= 0.3 is 0 Å². The summed E-state index contributed by atoms with van der Waals surface area (Å²) in [5.74, 6) is -1.68. The summed E-state index contributed by atoms with van der Waals surface area (Å²) in [5.41, 5.74) is 1.93. The minimum absolute atomic E-state index is 0.0168. The highest BCUT2D eigenvalue weighted by molar-refractivity contribution is 5.99. The zero-order chi connectivity index (χ0) is 29.0. The first-order valence-electron chi connectivity index (χ1n) is 13.5. The number of nitrogens with one attached hydrogen (secondary N) is 3. The lowest BCUT2D eigenvalue weighted by atomic mass is 10.1. The molecule has 0 bridgehead atoms. The van der Waals surface area contributed by atoms with Gasteiger partial charge in [0, 0.05) is 19.5 Å². The van der Waals surface area contributed by atoms with Crippen LogP contribution >= 0.6 is 0 Å². The molecule has 41 heavy (non-hydrogen) atoms. The summed E-state index contributed by atoms with van der Waals surface area (Å²) in [6, 6.07) is 20.9. The van der Waals surface area contributed by atoms with E-state index in [1.807, 2.05) is 30.3 Å². The van der Waals surface area contributed by atoms with Crippen molar-refractivity contribution in [3.8, 4) is 5.75 Å². The lowest BCUT2D eigenvalue weighted by Crippen LogP contribution is -2.48. The van der Waals surface area contributed by atoms with E-state index in [1.165, 1.54) is 17.0 Å². The second-order valence-corrected chi connectivity index (χ2v) is 9.66. The van der Waals surface area contributed by atoms with E-state index in [0.29, 0.717) is 12.2 Å². The summed E-state index contributed by atoms with van der Waals surface area (Å²) < 4.78 is 19.0. The third kappa shape index (κ3) is 8.89. The number of fused-ring (bicyclic) bond motifs is 1. The van der Waals surface area contributed by atoms with Gasteiger partial charge in [0.25, 0.3) is 5.91 Å². The predicted octanol–water partition coefficient (Wildman–Crippen LogP) is 2.60. The lowest BCUT2D eigenvalue weighted by Gasteiger charge is -2.24. The molecule has 0 radical (unpaired) electrons. The Morgan fingerprint density at radius 1 is 0.951 bits per heavy atom. The van der Waals surface area contributed by atoms with Crippen LogP contribution in [0.1, 0.15) is 34.3 Å². The van der Waals surface area contributed by atoms with Crippen LogP contribution in [-0.2, 0) is 27.3 Å². The first kappa shape index (κ1) is 29.3. The number of carbonyl (C=O) groups is 4. The Kier molecular flexibility index (Phi) is 10.4. The molecule has 1 atom stereocenters. The standard InChI is InChI=1S/C31H33FN4O5/c32-24-12-10-22(11-13-24)16-17-34-31(40)26-14-15-29(38)36(20-23-6-2-1-3-7-23)21-28(37)33-18-19-41-27-9-5-4-8-25(27)30(39)35-26/h1-13,26H,14-21H2,(H,33,37)(H,34,40)(H,35,39)/t26-/m0/s1. The van der Waals surface area contributed by atoms with Crippen molar-refractivity contribution in [1.82, 2.24) is 20.9 Å². The first-order valence-corrected chi connectivity index (χ1v) is 13.5. The van der Waals surface area contributed by atoms with Gasteiger partial charge < -0.3 is 25.6 Å². The highest BCUT2D eigenvalue weighted by Crippen LogP contribution is 2.19. The van der Waals surface area contributed by atoms with Gasteiger partial charge in [0.15, 0.2) is 0 Å². The molecule has 3 aromatic rings. The fraction of sp³-hybridized carbons (Fsp3) is 0.290. The summed E-state index contributed by atoms with van der Waals surface area (Å²) in [6.07, 6.45) is 0.403. The molecule has 214 valence electrons. The Labute approximate surface area is 238 Å². The van der Waals surface area contributed by atoms with Gasteiger partial charge in [0.05, 0.1) is 18.7 Å². The van der Waals surface area contributed by atoms with Crippen LogP contribution in [0.5, 0.6) is 5.75 Å². The van der Waals surface area contributed by atoms with Crippen LogP contribution in [0.2, 0.25) is 0 Å². The van der Waals surface area contributed by atoms with Gasteiger partial charge in [0.1, 0.15) is 24.2 Å². The van der Waals surface area contributed by atoms with Gasteiger partial charge in [0.2, 0.25) is 17.7 Å². The third-order valence-electron chi connectivity index (χ3n) is 6.61. The molecule has 0 spiro atoms. The zero-order valence-corrected chi connectivity index (χ0v) is 22.6. The van der Waals surface area contributed by atoms with Crippen molar-refractivity contribution >= 4 is 23.6 Å². The Bertz CT molecular complexity index is 1350. The zero-order valence-electron chi connectivity index (χ0n) is 22.6. The van der Waals surface area contributed by atoms with E-state index < -0.39 is 17.9 Å². The van der Waals surface area contributed by atoms with Crippen molar-refractivity contribution in [2.24, 2.45) is 0 Å². The van der Waals surface area contributed by atoms with Gasteiger partial charge in [-0.2, -0.15) is 0 Å². The highest BCUT2D eigenvalue weighted by Gasteiger charge is 2.26. The highest BCUT2D eigenvalue weighted by atomic mass is 19.1. The fourth-order valence-electron chi connectivity index (χ4n) is 4.43. The van der Waals surface area contributed by atoms with Gasteiger partial charge in [-0.1, -0.05) is 54.6 Å².